The second-order valence-corrected chi connectivity index (χ2v) is 11.5. The van der Waals surface area contributed by atoms with Crippen molar-refractivity contribution in [1.82, 2.24) is 14.9 Å². The fourth-order valence-electron chi connectivity index (χ4n) is 6.08. The standard InChI is InChI=1S/C35H40N4O6/c1-42-16-3-13-38-15-17-43-33-11-8-26(18-32(33)38)23-45-34-21-39(35(40)41)14-12-30(34)27-9-6-25(7-10-27)22-44-29-5-2-4-28(19-29)31-20-36-24-37-31/h2,4-11,18-20,24,30,34H,3,12-17,21-23H2,1H3,(H,36,37)(H,40,41). The normalized spacial score (nSPS) is 17.9. The van der Waals surface area contributed by atoms with Crippen molar-refractivity contribution < 1.29 is 28.8 Å². The summed E-state index contributed by atoms with van der Waals surface area (Å²) < 4.78 is 23.7. The van der Waals surface area contributed by atoms with E-state index >= 15 is 0 Å². The third-order valence-electron chi connectivity index (χ3n) is 8.51. The van der Waals surface area contributed by atoms with Crippen molar-refractivity contribution >= 4 is 11.8 Å². The summed E-state index contributed by atoms with van der Waals surface area (Å²) in [5.74, 6) is 1.74. The summed E-state index contributed by atoms with van der Waals surface area (Å²) in [6.07, 6.45) is 3.90. The van der Waals surface area contributed by atoms with Gasteiger partial charge >= 0.3 is 6.09 Å². The molecular weight excluding hydrogens is 572 g/mol. The summed E-state index contributed by atoms with van der Waals surface area (Å²) in [5, 5.41) is 9.73. The van der Waals surface area contributed by atoms with E-state index in [4.69, 9.17) is 18.9 Å². The van der Waals surface area contributed by atoms with Gasteiger partial charge in [0.1, 0.15) is 24.7 Å². The lowest BCUT2D eigenvalue weighted by Gasteiger charge is -2.37. The molecule has 0 aliphatic carbocycles. The Kier molecular flexibility index (Phi) is 9.82. The van der Waals surface area contributed by atoms with Crippen LogP contribution in [0.5, 0.6) is 11.5 Å². The van der Waals surface area contributed by atoms with Gasteiger partial charge in [0.25, 0.3) is 0 Å². The van der Waals surface area contributed by atoms with Crippen LogP contribution in [0.25, 0.3) is 11.3 Å². The number of ether oxygens (including phenoxy) is 4. The number of fused-ring (bicyclic) bond motifs is 1. The summed E-state index contributed by atoms with van der Waals surface area (Å²) in [6, 6.07) is 22.5. The van der Waals surface area contributed by atoms with Crippen molar-refractivity contribution in [1.29, 1.82) is 0 Å². The van der Waals surface area contributed by atoms with Crippen LogP contribution < -0.4 is 14.4 Å². The van der Waals surface area contributed by atoms with Crippen LogP contribution in [0.2, 0.25) is 0 Å². The SMILES string of the molecule is COCCCN1CCOc2ccc(COC3CN(C(=O)O)CCC3c3ccc(COc4cccc(-c5cnc[nH]5)c4)cc3)cc21. The fraction of sp³-hybridized carbons (Fsp3) is 0.371. The summed E-state index contributed by atoms with van der Waals surface area (Å²) in [7, 11) is 1.72. The number of H-pyrrole nitrogens is 1. The Balaban J connectivity index is 1.11. The van der Waals surface area contributed by atoms with Crippen molar-refractivity contribution in [2.45, 2.75) is 38.1 Å². The van der Waals surface area contributed by atoms with Crippen LogP contribution in [0.15, 0.2) is 79.3 Å². The largest absolute Gasteiger partial charge is 0.490 e. The molecule has 2 N–H and O–H groups in total. The number of rotatable bonds is 12. The number of aromatic amines is 1. The van der Waals surface area contributed by atoms with Gasteiger partial charge in [-0.15, -0.1) is 0 Å². The summed E-state index contributed by atoms with van der Waals surface area (Å²) in [6.45, 7) is 4.73. The molecule has 4 aromatic rings. The number of piperidine rings is 1. The van der Waals surface area contributed by atoms with E-state index in [1.807, 2.05) is 36.4 Å². The molecular formula is C35H40N4O6. The molecule has 3 heterocycles. The Morgan fingerprint density at radius 1 is 1.07 bits per heavy atom. The molecule has 2 unspecified atom stereocenters. The van der Waals surface area contributed by atoms with Crippen LogP contribution in [0.4, 0.5) is 10.5 Å². The van der Waals surface area contributed by atoms with E-state index in [1.54, 1.807) is 19.6 Å². The Morgan fingerprint density at radius 3 is 2.73 bits per heavy atom. The molecule has 1 amide bonds. The first-order valence-corrected chi connectivity index (χ1v) is 15.5. The van der Waals surface area contributed by atoms with Gasteiger partial charge in [0.15, 0.2) is 0 Å². The van der Waals surface area contributed by atoms with Gasteiger partial charge in [-0.25, -0.2) is 9.78 Å². The van der Waals surface area contributed by atoms with Crippen molar-refractivity contribution in [3.63, 3.8) is 0 Å². The van der Waals surface area contributed by atoms with Gasteiger partial charge in [0.05, 0.1) is 49.7 Å². The first-order valence-electron chi connectivity index (χ1n) is 15.5. The summed E-state index contributed by atoms with van der Waals surface area (Å²) >= 11 is 0. The van der Waals surface area contributed by atoms with Crippen LogP contribution in [0, 0.1) is 0 Å². The topological polar surface area (TPSA) is 109 Å². The molecule has 0 bridgehead atoms. The molecule has 0 radical (unpaired) electrons. The van der Waals surface area contributed by atoms with Gasteiger partial charge in [-0.3, -0.25) is 0 Å². The molecule has 1 fully saturated rings. The number of hydrogen-bond acceptors (Lipinski definition) is 7. The van der Waals surface area contributed by atoms with Gasteiger partial charge in [-0.2, -0.15) is 0 Å². The molecule has 6 rings (SSSR count). The smallest absolute Gasteiger partial charge is 0.407 e. The highest BCUT2D eigenvalue weighted by Gasteiger charge is 2.33. The van der Waals surface area contributed by atoms with Gasteiger partial charge in [-0.05, 0) is 53.8 Å². The van der Waals surface area contributed by atoms with Crippen LogP contribution in [0.3, 0.4) is 0 Å². The highest BCUT2D eigenvalue weighted by Crippen LogP contribution is 2.35. The first kappa shape index (κ1) is 30.5. The molecule has 2 aliphatic heterocycles. The number of likely N-dealkylation sites (tertiary alicyclic amines) is 1. The minimum absolute atomic E-state index is 0.0770. The van der Waals surface area contributed by atoms with Gasteiger partial charge in [-0.1, -0.05) is 42.5 Å². The molecule has 10 nitrogen and oxygen atoms in total. The number of anilines is 1. The molecule has 1 aromatic heterocycles. The minimum Gasteiger partial charge on any atom is -0.490 e. The second-order valence-electron chi connectivity index (χ2n) is 11.5. The average molecular weight is 613 g/mol. The molecule has 2 atom stereocenters. The predicted octanol–water partition coefficient (Wildman–Crippen LogP) is 5.94. The Labute approximate surface area is 263 Å². The zero-order chi connectivity index (χ0) is 31.0. The fourth-order valence-corrected chi connectivity index (χ4v) is 6.08. The highest BCUT2D eigenvalue weighted by molar-refractivity contribution is 5.65. The van der Waals surface area contributed by atoms with Crippen LogP contribution in [-0.4, -0.2) is 78.7 Å². The molecule has 0 saturated carbocycles. The summed E-state index contributed by atoms with van der Waals surface area (Å²) in [4.78, 5) is 22.9. The number of carboxylic acid groups (broad SMARTS) is 1. The number of hydrogen-bond donors (Lipinski definition) is 2. The van der Waals surface area contributed by atoms with E-state index in [-0.39, 0.29) is 12.0 Å². The zero-order valence-corrected chi connectivity index (χ0v) is 25.6. The van der Waals surface area contributed by atoms with Gasteiger partial charge in [0, 0.05) is 38.3 Å². The number of methoxy groups -OCH3 is 1. The maximum absolute atomic E-state index is 11.9. The highest BCUT2D eigenvalue weighted by atomic mass is 16.5. The van der Waals surface area contributed by atoms with Crippen molar-refractivity contribution in [2.24, 2.45) is 0 Å². The average Bonchev–Trinajstić information content (AvgIpc) is 3.62. The lowest BCUT2D eigenvalue weighted by atomic mass is 9.86. The molecule has 3 aromatic carbocycles. The molecule has 0 spiro atoms. The van der Waals surface area contributed by atoms with Crippen LogP contribution >= 0.6 is 0 Å². The Hall–Kier alpha value is -4.54. The third kappa shape index (κ3) is 7.58. The van der Waals surface area contributed by atoms with Crippen LogP contribution in [-0.2, 0) is 22.7 Å². The third-order valence-corrected chi connectivity index (χ3v) is 8.51. The Bertz CT molecular complexity index is 1540. The molecule has 45 heavy (non-hydrogen) atoms. The maximum Gasteiger partial charge on any atom is 0.407 e. The van der Waals surface area contributed by atoms with Crippen molar-refractivity contribution in [3.8, 4) is 22.8 Å². The predicted molar refractivity (Wildman–Crippen MR) is 171 cm³/mol. The van der Waals surface area contributed by atoms with Gasteiger partial charge < -0.3 is 38.8 Å². The zero-order valence-electron chi connectivity index (χ0n) is 25.6. The van der Waals surface area contributed by atoms with E-state index in [2.05, 4.69) is 45.2 Å². The number of nitrogens with zero attached hydrogens (tertiary/aromatic N) is 3. The van der Waals surface area contributed by atoms with Crippen molar-refractivity contribution in [2.75, 3.05) is 51.4 Å². The van der Waals surface area contributed by atoms with Crippen LogP contribution in [0.1, 0.15) is 35.4 Å². The quantitative estimate of drug-likeness (QED) is 0.189. The maximum atomic E-state index is 11.9. The lowest BCUT2D eigenvalue weighted by molar-refractivity contribution is -0.0199. The van der Waals surface area contributed by atoms with E-state index in [9.17, 15) is 9.90 Å². The number of imidazole rings is 1. The monoisotopic (exact) mass is 612 g/mol. The lowest BCUT2D eigenvalue weighted by Crippen LogP contribution is -2.46. The number of carbonyl (C=O) groups is 1. The second kappa shape index (κ2) is 14.5. The molecule has 10 heteroatoms. The Morgan fingerprint density at radius 2 is 1.93 bits per heavy atom. The first-order chi connectivity index (χ1) is 22.1. The summed E-state index contributed by atoms with van der Waals surface area (Å²) in [5.41, 5.74) is 6.25. The molecule has 1 saturated heterocycles. The van der Waals surface area contributed by atoms with E-state index in [0.717, 1.165) is 64.6 Å². The number of aromatic nitrogens is 2. The molecule has 236 valence electrons. The number of benzene rings is 3. The van der Waals surface area contributed by atoms with E-state index < -0.39 is 6.09 Å². The van der Waals surface area contributed by atoms with E-state index in [0.29, 0.717) is 45.9 Å². The molecule has 2 aliphatic rings. The number of amides is 1. The number of nitrogens with one attached hydrogen (secondary N) is 1. The van der Waals surface area contributed by atoms with Gasteiger partial charge in [0.2, 0.25) is 0 Å². The minimum atomic E-state index is -0.913. The van der Waals surface area contributed by atoms with Crippen molar-refractivity contribution in [3.05, 3.63) is 95.9 Å². The van der Waals surface area contributed by atoms with E-state index in [1.165, 1.54) is 4.90 Å².